The van der Waals surface area contributed by atoms with Crippen LogP contribution in [-0.2, 0) is 0 Å². The maximum atomic E-state index is 6.12. The van der Waals surface area contributed by atoms with Crippen molar-refractivity contribution in [3.8, 4) is 5.75 Å². The standard InChI is InChI=1S/C18H21N3OS/c1-12-6-7-14-15(10-18(2,3)22-16(14)9-12)21-17(23)20-13-5-4-8-19-11-13/h4-9,11,15H,10H2,1-3H3,(H2,20,21,23)/t15-/m0/s1. The Balaban J connectivity index is 1.78. The van der Waals surface area contributed by atoms with E-state index < -0.39 is 0 Å². The topological polar surface area (TPSA) is 46.2 Å². The number of pyridine rings is 1. The van der Waals surface area contributed by atoms with Crippen molar-refractivity contribution in [2.45, 2.75) is 38.8 Å². The summed E-state index contributed by atoms with van der Waals surface area (Å²) < 4.78 is 6.12. The third kappa shape index (κ3) is 3.79. The number of hydrogen-bond donors (Lipinski definition) is 2. The Labute approximate surface area is 142 Å². The van der Waals surface area contributed by atoms with Crippen LogP contribution in [-0.4, -0.2) is 15.7 Å². The fourth-order valence-corrected chi connectivity index (χ4v) is 3.11. The van der Waals surface area contributed by atoms with Gasteiger partial charge in [0.1, 0.15) is 11.4 Å². The number of benzene rings is 1. The van der Waals surface area contributed by atoms with Crippen LogP contribution < -0.4 is 15.4 Å². The van der Waals surface area contributed by atoms with E-state index in [1.54, 1.807) is 12.4 Å². The zero-order valence-corrected chi connectivity index (χ0v) is 14.4. The summed E-state index contributed by atoms with van der Waals surface area (Å²) in [5.41, 5.74) is 2.98. The van der Waals surface area contributed by atoms with Crippen molar-refractivity contribution in [1.29, 1.82) is 0 Å². The molecule has 1 atom stereocenters. The smallest absolute Gasteiger partial charge is 0.171 e. The van der Waals surface area contributed by atoms with Gasteiger partial charge < -0.3 is 15.4 Å². The molecular weight excluding hydrogens is 306 g/mol. The fraction of sp³-hybridized carbons (Fsp3) is 0.333. The van der Waals surface area contributed by atoms with E-state index in [0.29, 0.717) is 5.11 Å². The molecule has 0 radical (unpaired) electrons. The lowest BCUT2D eigenvalue weighted by Gasteiger charge is -2.38. The highest BCUT2D eigenvalue weighted by atomic mass is 32.1. The summed E-state index contributed by atoms with van der Waals surface area (Å²) in [7, 11) is 0. The molecule has 0 saturated heterocycles. The average molecular weight is 327 g/mol. The molecule has 3 rings (SSSR count). The number of nitrogens with zero attached hydrogens (tertiary/aromatic N) is 1. The quantitative estimate of drug-likeness (QED) is 0.817. The van der Waals surface area contributed by atoms with E-state index in [0.717, 1.165) is 23.4 Å². The van der Waals surface area contributed by atoms with E-state index in [2.05, 4.69) is 54.6 Å². The monoisotopic (exact) mass is 327 g/mol. The van der Waals surface area contributed by atoms with Crippen LogP contribution in [0.3, 0.4) is 0 Å². The minimum atomic E-state index is -0.234. The lowest BCUT2D eigenvalue weighted by Crippen LogP contribution is -2.42. The number of thiocarbonyl (C=S) groups is 1. The van der Waals surface area contributed by atoms with Gasteiger partial charge in [0, 0.05) is 18.2 Å². The van der Waals surface area contributed by atoms with Crippen molar-refractivity contribution in [2.75, 3.05) is 5.32 Å². The van der Waals surface area contributed by atoms with E-state index in [-0.39, 0.29) is 11.6 Å². The van der Waals surface area contributed by atoms with Gasteiger partial charge in [-0.25, -0.2) is 0 Å². The molecule has 2 N–H and O–H groups in total. The first-order valence-corrected chi connectivity index (χ1v) is 8.11. The fourth-order valence-electron chi connectivity index (χ4n) is 2.85. The third-order valence-electron chi connectivity index (χ3n) is 3.85. The maximum absolute atomic E-state index is 6.12. The largest absolute Gasteiger partial charge is 0.487 e. The minimum absolute atomic E-state index is 0.117. The molecule has 4 nitrogen and oxygen atoms in total. The molecule has 0 saturated carbocycles. The highest BCUT2D eigenvalue weighted by Crippen LogP contribution is 2.39. The van der Waals surface area contributed by atoms with Crippen LogP contribution in [0.25, 0.3) is 0 Å². The SMILES string of the molecule is Cc1ccc2c(c1)OC(C)(C)C[C@@H]2NC(=S)Nc1cccnc1. The van der Waals surface area contributed by atoms with Crippen molar-refractivity contribution in [3.63, 3.8) is 0 Å². The molecule has 5 heteroatoms. The van der Waals surface area contributed by atoms with Crippen LogP contribution in [0.1, 0.15) is 37.4 Å². The van der Waals surface area contributed by atoms with Gasteiger partial charge in [-0.05, 0) is 56.8 Å². The molecule has 2 aromatic rings. The molecule has 120 valence electrons. The summed E-state index contributed by atoms with van der Waals surface area (Å²) in [4.78, 5) is 4.08. The lowest BCUT2D eigenvalue weighted by molar-refractivity contribution is 0.0696. The van der Waals surface area contributed by atoms with Crippen LogP contribution in [0.15, 0.2) is 42.7 Å². The van der Waals surface area contributed by atoms with Gasteiger partial charge in [0.2, 0.25) is 0 Å². The number of hydrogen-bond acceptors (Lipinski definition) is 3. The second-order valence-electron chi connectivity index (χ2n) is 6.50. The van der Waals surface area contributed by atoms with Gasteiger partial charge >= 0.3 is 0 Å². The molecule has 0 aliphatic carbocycles. The summed E-state index contributed by atoms with van der Waals surface area (Å²) in [5, 5.41) is 7.18. The molecule has 23 heavy (non-hydrogen) atoms. The van der Waals surface area contributed by atoms with Gasteiger partial charge in [-0.1, -0.05) is 12.1 Å². The van der Waals surface area contributed by atoms with Gasteiger partial charge in [-0.2, -0.15) is 0 Å². The molecule has 0 amide bonds. The number of ether oxygens (including phenoxy) is 1. The van der Waals surface area contributed by atoms with Crippen molar-refractivity contribution in [1.82, 2.24) is 10.3 Å². The molecule has 0 spiro atoms. The zero-order valence-electron chi connectivity index (χ0n) is 13.6. The molecule has 0 unspecified atom stereocenters. The van der Waals surface area contributed by atoms with Crippen LogP contribution in [0.5, 0.6) is 5.75 Å². The maximum Gasteiger partial charge on any atom is 0.171 e. The van der Waals surface area contributed by atoms with E-state index in [9.17, 15) is 0 Å². The van der Waals surface area contributed by atoms with E-state index in [1.807, 2.05) is 12.1 Å². The number of fused-ring (bicyclic) bond motifs is 1. The second-order valence-corrected chi connectivity index (χ2v) is 6.91. The Bertz CT molecular complexity index is 715. The minimum Gasteiger partial charge on any atom is -0.487 e. The second kappa shape index (κ2) is 6.16. The number of aryl methyl sites for hydroxylation is 1. The van der Waals surface area contributed by atoms with Gasteiger partial charge in [-0.3, -0.25) is 4.98 Å². The van der Waals surface area contributed by atoms with E-state index >= 15 is 0 Å². The Morgan fingerprint density at radius 3 is 2.91 bits per heavy atom. The first-order valence-electron chi connectivity index (χ1n) is 7.70. The summed E-state index contributed by atoms with van der Waals surface area (Å²) in [6, 6.07) is 10.2. The molecule has 0 bridgehead atoms. The predicted molar refractivity (Wildman–Crippen MR) is 96.8 cm³/mol. The van der Waals surface area contributed by atoms with Crippen LogP contribution >= 0.6 is 12.2 Å². The van der Waals surface area contributed by atoms with Gasteiger partial charge in [0.05, 0.1) is 17.9 Å². The number of anilines is 1. The molecule has 2 heterocycles. The number of rotatable bonds is 2. The summed E-state index contributed by atoms with van der Waals surface area (Å²) in [6.45, 7) is 6.28. The van der Waals surface area contributed by atoms with E-state index in [4.69, 9.17) is 17.0 Å². The normalized spacial score (nSPS) is 18.5. The van der Waals surface area contributed by atoms with Gasteiger partial charge in [0.15, 0.2) is 5.11 Å². The molecule has 1 aliphatic rings. The van der Waals surface area contributed by atoms with Crippen LogP contribution in [0.2, 0.25) is 0 Å². The molecule has 1 aromatic carbocycles. The van der Waals surface area contributed by atoms with E-state index in [1.165, 1.54) is 5.56 Å². The lowest BCUT2D eigenvalue weighted by atomic mass is 9.89. The first kappa shape index (κ1) is 15.7. The Hall–Kier alpha value is -2.14. The van der Waals surface area contributed by atoms with Crippen molar-refractivity contribution in [2.24, 2.45) is 0 Å². The molecule has 1 aliphatic heterocycles. The third-order valence-corrected chi connectivity index (χ3v) is 4.07. The van der Waals surface area contributed by atoms with Gasteiger partial charge in [-0.15, -0.1) is 0 Å². The molecule has 1 aromatic heterocycles. The molecular formula is C18H21N3OS. The summed E-state index contributed by atoms with van der Waals surface area (Å²) in [6.07, 6.45) is 4.33. The van der Waals surface area contributed by atoms with Gasteiger partial charge in [0.25, 0.3) is 0 Å². The summed E-state index contributed by atoms with van der Waals surface area (Å²) >= 11 is 5.46. The van der Waals surface area contributed by atoms with Crippen LogP contribution in [0.4, 0.5) is 5.69 Å². The first-order chi connectivity index (χ1) is 10.9. The van der Waals surface area contributed by atoms with Crippen molar-refractivity contribution in [3.05, 3.63) is 53.9 Å². The van der Waals surface area contributed by atoms with Crippen molar-refractivity contribution < 1.29 is 4.74 Å². The highest BCUT2D eigenvalue weighted by molar-refractivity contribution is 7.80. The predicted octanol–water partition coefficient (Wildman–Crippen LogP) is 3.98. The zero-order chi connectivity index (χ0) is 16.4. The Morgan fingerprint density at radius 1 is 1.35 bits per heavy atom. The van der Waals surface area contributed by atoms with Crippen LogP contribution in [0, 0.1) is 6.92 Å². The number of aromatic nitrogens is 1. The number of nitrogens with one attached hydrogen (secondary N) is 2. The highest BCUT2D eigenvalue weighted by Gasteiger charge is 2.34. The average Bonchev–Trinajstić information content (AvgIpc) is 2.46. The Kier molecular flexibility index (Phi) is 4.22. The van der Waals surface area contributed by atoms with Crippen molar-refractivity contribution >= 4 is 23.0 Å². The Morgan fingerprint density at radius 2 is 2.17 bits per heavy atom. The molecule has 0 fully saturated rings. The summed E-state index contributed by atoms with van der Waals surface area (Å²) in [5.74, 6) is 0.933.